The topological polar surface area (TPSA) is 85.3 Å². The maximum atomic E-state index is 12.7. The number of aliphatic hydroxyl groups is 1. The first-order chi connectivity index (χ1) is 25.5. The van der Waals surface area contributed by atoms with E-state index < -0.39 is 6.16 Å². The molecule has 0 radical (unpaired) electrons. The van der Waals surface area contributed by atoms with Crippen LogP contribution in [-0.4, -0.2) is 67.7 Å². The molecule has 7 nitrogen and oxygen atoms in total. The fraction of sp³-hybridized carbons (Fsp3) is 0.956. The van der Waals surface area contributed by atoms with Crippen LogP contribution in [0.15, 0.2) is 0 Å². The molecule has 1 atom stereocenters. The Bertz CT molecular complexity index is 733. The number of rotatable bonds is 41. The molecule has 1 N–H and O–H groups in total. The molecule has 0 aliphatic heterocycles. The number of carbonyl (C=O) groups excluding carboxylic acids is 2. The van der Waals surface area contributed by atoms with E-state index in [2.05, 4.69) is 32.6 Å². The standard InChI is InChI=1S/C45H89NO6/c1-5-9-12-15-18-24-31-40-50-45(49)51-41-42(8-4)32-28-30-37-46(38-39-47)36-29-23-19-22-27-35-44(48)52-43(33-25-20-16-13-10-6-2)34-26-21-17-14-11-7-3/h42-43,47H,5-41H2,1-4H3. The van der Waals surface area contributed by atoms with Gasteiger partial charge >= 0.3 is 12.1 Å². The molecule has 310 valence electrons. The van der Waals surface area contributed by atoms with E-state index in [1.165, 1.54) is 109 Å². The maximum absolute atomic E-state index is 12.7. The summed E-state index contributed by atoms with van der Waals surface area (Å²) in [6.07, 6.45) is 35.5. The fourth-order valence-electron chi connectivity index (χ4n) is 7.04. The molecule has 0 fully saturated rings. The SMILES string of the molecule is CCCCCCCCCOC(=O)OCC(CC)CCCCN(CCO)CCCCCCCC(=O)OC(CCCCCCCC)CCCCCCCC. The third-order valence-electron chi connectivity index (χ3n) is 10.6. The molecule has 0 spiro atoms. The number of nitrogens with zero attached hydrogens (tertiary/aromatic N) is 1. The zero-order chi connectivity index (χ0) is 38.2. The summed E-state index contributed by atoms with van der Waals surface area (Å²) in [5, 5.41) is 9.60. The minimum Gasteiger partial charge on any atom is -0.462 e. The van der Waals surface area contributed by atoms with Crippen LogP contribution in [0.25, 0.3) is 0 Å². The average molecular weight is 740 g/mol. The lowest BCUT2D eigenvalue weighted by Crippen LogP contribution is -2.29. The van der Waals surface area contributed by atoms with E-state index in [9.17, 15) is 14.7 Å². The number of aliphatic hydroxyl groups excluding tert-OH is 1. The first-order valence-electron chi connectivity index (χ1n) is 22.8. The van der Waals surface area contributed by atoms with Crippen LogP contribution in [0.5, 0.6) is 0 Å². The molecule has 1 unspecified atom stereocenters. The first kappa shape index (κ1) is 50.7. The first-order valence-corrected chi connectivity index (χ1v) is 22.8. The quantitative estimate of drug-likeness (QED) is 0.0493. The summed E-state index contributed by atoms with van der Waals surface area (Å²) < 4.78 is 16.7. The monoisotopic (exact) mass is 740 g/mol. The predicted octanol–water partition coefficient (Wildman–Crippen LogP) is 13.1. The van der Waals surface area contributed by atoms with Crippen LogP contribution < -0.4 is 0 Å². The number of hydrogen-bond acceptors (Lipinski definition) is 7. The molecule has 0 aromatic carbocycles. The molecule has 0 aliphatic rings. The van der Waals surface area contributed by atoms with Crippen molar-refractivity contribution >= 4 is 12.1 Å². The Labute approximate surface area is 323 Å². The van der Waals surface area contributed by atoms with Gasteiger partial charge in [0.2, 0.25) is 0 Å². The van der Waals surface area contributed by atoms with Gasteiger partial charge in [-0.1, -0.05) is 163 Å². The summed E-state index contributed by atoms with van der Waals surface area (Å²) in [4.78, 5) is 27.1. The maximum Gasteiger partial charge on any atom is 0.508 e. The number of hydrogen-bond donors (Lipinski definition) is 1. The van der Waals surface area contributed by atoms with Crippen molar-refractivity contribution < 1.29 is 28.9 Å². The minimum absolute atomic E-state index is 0.00620. The second-order valence-corrected chi connectivity index (χ2v) is 15.6. The van der Waals surface area contributed by atoms with Gasteiger partial charge in [-0.3, -0.25) is 4.79 Å². The van der Waals surface area contributed by atoms with Gasteiger partial charge in [-0.25, -0.2) is 4.79 Å². The molecule has 0 aromatic heterocycles. The van der Waals surface area contributed by atoms with E-state index in [-0.39, 0.29) is 18.7 Å². The van der Waals surface area contributed by atoms with Crippen molar-refractivity contribution in [1.82, 2.24) is 4.90 Å². The second-order valence-electron chi connectivity index (χ2n) is 15.6. The van der Waals surface area contributed by atoms with Crippen molar-refractivity contribution in [2.24, 2.45) is 5.92 Å². The van der Waals surface area contributed by atoms with Crippen LogP contribution in [0, 0.1) is 5.92 Å². The van der Waals surface area contributed by atoms with Crippen LogP contribution in [0.4, 0.5) is 4.79 Å². The Morgan fingerprint density at radius 2 is 0.981 bits per heavy atom. The highest BCUT2D eigenvalue weighted by atomic mass is 16.7. The van der Waals surface area contributed by atoms with E-state index in [4.69, 9.17) is 14.2 Å². The Kier molecular flexibility index (Phi) is 39.8. The Balaban J connectivity index is 4.11. The summed E-state index contributed by atoms with van der Waals surface area (Å²) >= 11 is 0. The van der Waals surface area contributed by atoms with Crippen LogP contribution >= 0.6 is 0 Å². The predicted molar refractivity (Wildman–Crippen MR) is 220 cm³/mol. The van der Waals surface area contributed by atoms with Gasteiger partial charge in [0, 0.05) is 13.0 Å². The van der Waals surface area contributed by atoms with Crippen molar-refractivity contribution in [1.29, 1.82) is 0 Å². The van der Waals surface area contributed by atoms with Crippen LogP contribution in [0.3, 0.4) is 0 Å². The molecular formula is C45H89NO6. The van der Waals surface area contributed by atoms with Gasteiger partial charge in [-0.2, -0.15) is 0 Å². The highest BCUT2D eigenvalue weighted by Gasteiger charge is 2.15. The summed E-state index contributed by atoms with van der Waals surface area (Å²) in [7, 11) is 0. The Morgan fingerprint density at radius 3 is 1.52 bits per heavy atom. The molecule has 0 saturated heterocycles. The fourth-order valence-corrected chi connectivity index (χ4v) is 7.04. The molecule has 0 saturated carbocycles. The van der Waals surface area contributed by atoms with E-state index >= 15 is 0 Å². The minimum atomic E-state index is -0.523. The number of esters is 1. The molecule has 0 bridgehead atoms. The van der Waals surface area contributed by atoms with Crippen LogP contribution in [0.1, 0.15) is 227 Å². The van der Waals surface area contributed by atoms with Gasteiger partial charge in [0.15, 0.2) is 0 Å². The van der Waals surface area contributed by atoms with Crippen molar-refractivity contribution in [2.75, 3.05) is 39.5 Å². The number of unbranched alkanes of at least 4 members (excludes halogenated alkanes) is 21. The molecule has 0 amide bonds. The van der Waals surface area contributed by atoms with Crippen molar-refractivity contribution in [3.63, 3.8) is 0 Å². The molecule has 7 heteroatoms. The lowest BCUT2D eigenvalue weighted by Gasteiger charge is -2.22. The highest BCUT2D eigenvalue weighted by Crippen LogP contribution is 2.19. The van der Waals surface area contributed by atoms with Crippen LogP contribution in [-0.2, 0) is 19.0 Å². The molecule has 0 heterocycles. The summed E-state index contributed by atoms with van der Waals surface area (Å²) in [6.45, 7) is 12.7. The summed E-state index contributed by atoms with van der Waals surface area (Å²) in [5.74, 6) is 0.368. The van der Waals surface area contributed by atoms with Crippen LogP contribution in [0.2, 0.25) is 0 Å². The van der Waals surface area contributed by atoms with E-state index in [0.717, 1.165) is 103 Å². The molecule has 0 aromatic rings. The summed E-state index contributed by atoms with van der Waals surface area (Å²) in [6, 6.07) is 0. The normalized spacial score (nSPS) is 12.1. The van der Waals surface area contributed by atoms with Gasteiger partial charge in [-0.15, -0.1) is 0 Å². The Morgan fingerprint density at radius 1 is 0.519 bits per heavy atom. The molecule has 0 rings (SSSR count). The van der Waals surface area contributed by atoms with Crippen molar-refractivity contribution in [3.05, 3.63) is 0 Å². The Hall–Kier alpha value is -1.34. The van der Waals surface area contributed by atoms with Gasteiger partial charge in [0.25, 0.3) is 0 Å². The lowest BCUT2D eigenvalue weighted by atomic mass is 10.00. The molecule has 0 aliphatic carbocycles. The third kappa shape index (κ3) is 35.7. The second kappa shape index (κ2) is 40.8. The average Bonchev–Trinajstić information content (AvgIpc) is 3.14. The lowest BCUT2D eigenvalue weighted by molar-refractivity contribution is -0.150. The van der Waals surface area contributed by atoms with Gasteiger partial charge in [-0.05, 0) is 76.8 Å². The van der Waals surface area contributed by atoms with E-state index in [1.807, 2.05) is 0 Å². The van der Waals surface area contributed by atoms with Gasteiger partial charge in [0.05, 0.1) is 19.8 Å². The molecule has 52 heavy (non-hydrogen) atoms. The zero-order valence-corrected chi connectivity index (χ0v) is 35.3. The smallest absolute Gasteiger partial charge is 0.462 e. The number of carbonyl (C=O) groups is 2. The summed E-state index contributed by atoms with van der Waals surface area (Å²) in [5.41, 5.74) is 0. The van der Waals surface area contributed by atoms with Crippen molar-refractivity contribution in [2.45, 2.75) is 233 Å². The largest absolute Gasteiger partial charge is 0.508 e. The van der Waals surface area contributed by atoms with Crippen molar-refractivity contribution in [3.8, 4) is 0 Å². The zero-order valence-electron chi connectivity index (χ0n) is 35.3. The third-order valence-corrected chi connectivity index (χ3v) is 10.6. The van der Waals surface area contributed by atoms with E-state index in [1.54, 1.807) is 0 Å². The van der Waals surface area contributed by atoms with Gasteiger partial charge in [0.1, 0.15) is 6.10 Å². The van der Waals surface area contributed by atoms with Gasteiger partial charge < -0.3 is 24.2 Å². The number of ether oxygens (including phenoxy) is 3. The highest BCUT2D eigenvalue weighted by molar-refractivity contribution is 5.69. The molecular weight excluding hydrogens is 650 g/mol. The van der Waals surface area contributed by atoms with E-state index in [0.29, 0.717) is 25.6 Å².